The molecule has 1 aromatic carbocycles. The van der Waals surface area contributed by atoms with Crippen LogP contribution in [0.2, 0.25) is 0 Å². The predicted octanol–water partition coefficient (Wildman–Crippen LogP) is 3.03. The standard InChI is InChI=1S/C17H21NOS/c1-18-8-7-17-6-5-12(11-20)9-15(17)19-14-4-2-3-13(10-18)16(14)17/h2-6,12,15,20H,7-11H2,1H3. The van der Waals surface area contributed by atoms with Crippen LogP contribution in [0.1, 0.15) is 24.0 Å². The quantitative estimate of drug-likeness (QED) is 0.629. The monoisotopic (exact) mass is 287 g/mol. The molecule has 0 fully saturated rings. The Balaban J connectivity index is 1.88. The summed E-state index contributed by atoms with van der Waals surface area (Å²) in [6.07, 6.45) is 7.37. The molecule has 3 unspecified atom stereocenters. The number of thiol groups is 1. The van der Waals surface area contributed by atoms with E-state index in [0.717, 1.165) is 37.4 Å². The van der Waals surface area contributed by atoms with Gasteiger partial charge < -0.3 is 9.64 Å². The third-order valence-electron chi connectivity index (χ3n) is 5.19. The van der Waals surface area contributed by atoms with Crippen LogP contribution in [-0.4, -0.2) is 30.3 Å². The fourth-order valence-corrected chi connectivity index (χ4v) is 4.39. The highest BCUT2D eigenvalue weighted by atomic mass is 32.1. The minimum atomic E-state index is 0.107. The molecule has 1 aliphatic carbocycles. The molecule has 0 saturated heterocycles. The van der Waals surface area contributed by atoms with Crippen molar-refractivity contribution in [2.24, 2.45) is 5.92 Å². The highest BCUT2D eigenvalue weighted by Gasteiger charge is 2.51. The van der Waals surface area contributed by atoms with Crippen molar-refractivity contribution >= 4 is 12.6 Å². The summed E-state index contributed by atoms with van der Waals surface area (Å²) in [4.78, 5) is 2.43. The summed E-state index contributed by atoms with van der Waals surface area (Å²) in [5, 5.41) is 0. The summed E-state index contributed by atoms with van der Waals surface area (Å²) in [5.41, 5.74) is 3.01. The first kappa shape index (κ1) is 12.8. The lowest BCUT2D eigenvalue weighted by molar-refractivity contribution is 0.130. The molecule has 3 aliphatic rings. The first-order chi connectivity index (χ1) is 9.73. The summed E-state index contributed by atoms with van der Waals surface area (Å²) in [6, 6.07) is 6.55. The first-order valence-electron chi connectivity index (χ1n) is 7.51. The van der Waals surface area contributed by atoms with Gasteiger partial charge in [0.15, 0.2) is 0 Å². The highest BCUT2D eigenvalue weighted by molar-refractivity contribution is 7.80. The second kappa shape index (κ2) is 4.54. The molecule has 2 heterocycles. The smallest absolute Gasteiger partial charge is 0.124 e. The molecule has 20 heavy (non-hydrogen) atoms. The second-order valence-electron chi connectivity index (χ2n) is 6.46. The highest BCUT2D eigenvalue weighted by Crippen LogP contribution is 2.53. The number of allylic oxidation sites excluding steroid dienone is 1. The zero-order valence-electron chi connectivity index (χ0n) is 11.9. The van der Waals surface area contributed by atoms with Crippen molar-refractivity contribution in [3.63, 3.8) is 0 Å². The van der Waals surface area contributed by atoms with Gasteiger partial charge in [0.2, 0.25) is 0 Å². The zero-order valence-corrected chi connectivity index (χ0v) is 12.8. The van der Waals surface area contributed by atoms with Gasteiger partial charge in [0.1, 0.15) is 11.9 Å². The van der Waals surface area contributed by atoms with Crippen LogP contribution in [0, 0.1) is 5.92 Å². The van der Waals surface area contributed by atoms with Gasteiger partial charge in [-0.25, -0.2) is 0 Å². The van der Waals surface area contributed by atoms with Crippen LogP contribution in [0.5, 0.6) is 5.75 Å². The fourth-order valence-electron chi connectivity index (χ4n) is 4.12. The number of rotatable bonds is 1. The van der Waals surface area contributed by atoms with E-state index >= 15 is 0 Å². The molecule has 0 saturated carbocycles. The maximum Gasteiger partial charge on any atom is 0.124 e. The van der Waals surface area contributed by atoms with Crippen LogP contribution in [0.3, 0.4) is 0 Å². The van der Waals surface area contributed by atoms with E-state index in [1.807, 2.05) is 0 Å². The molecule has 0 N–H and O–H groups in total. The van der Waals surface area contributed by atoms with E-state index < -0.39 is 0 Å². The number of benzene rings is 1. The topological polar surface area (TPSA) is 12.5 Å². The maximum atomic E-state index is 6.35. The van der Waals surface area contributed by atoms with Crippen molar-refractivity contribution in [1.82, 2.24) is 4.90 Å². The summed E-state index contributed by atoms with van der Waals surface area (Å²) in [5.74, 6) is 2.58. The van der Waals surface area contributed by atoms with Gasteiger partial charge in [0.05, 0.1) is 5.41 Å². The largest absolute Gasteiger partial charge is 0.489 e. The van der Waals surface area contributed by atoms with Crippen molar-refractivity contribution < 1.29 is 4.74 Å². The Bertz CT molecular complexity index is 570. The lowest BCUT2D eigenvalue weighted by Crippen LogP contribution is -2.41. The Labute approximate surface area is 126 Å². The molecule has 0 amide bonds. The van der Waals surface area contributed by atoms with E-state index in [1.54, 1.807) is 0 Å². The Morgan fingerprint density at radius 3 is 3.20 bits per heavy atom. The maximum absolute atomic E-state index is 6.35. The molecule has 106 valence electrons. The van der Waals surface area contributed by atoms with Crippen molar-refractivity contribution in [1.29, 1.82) is 0 Å². The normalized spacial score (nSPS) is 35.1. The lowest BCUT2D eigenvalue weighted by Gasteiger charge is -2.36. The molecule has 1 spiro atoms. The van der Waals surface area contributed by atoms with Crippen LogP contribution in [-0.2, 0) is 12.0 Å². The van der Waals surface area contributed by atoms with Crippen molar-refractivity contribution in [2.75, 3.05) is 19.3 Å². The van der Waals surface area contributed by atoms with Crippen LogP contribution in [0.15, 0.2) is 30.4 Å². The Morgan fingerprint density at radius 2 is 2.35 bits per heavy atom. The van der Waals surface area contributed by atoms with Gasteiger partial charge in [0.25, 0.3) is 0 Å². The average molecular weight is 287 g/mol. The molecule has 2 nitrogen and oxygen atoms in total. The molecular weight excluding hydrogens is 266 g/mol. The van der Waals surface area contributed by atoms with Crippen LogP contribution >= 0.6 is 12.6 Å². The Hall–Kier alpha value is -0.930. The number of hydrogen-bond donors (Lipinski definition) is 1. The van der Waals surface area contributed by atoms with Gasteiger partial charge in [-0.15, -0.1) is 0 Å². The Morgan fingerprint density at radius 1 is 1.45 bits per heavy atom. The molecule has 2 aliphatic heterocycles. The van der Waals surface area contributed by atoms with Gasteiger partial charge in [-0.3, -0.25) is 0 Å². The predicted molar refractivity (Wildman–Crippen MR) is 84.6 cm³/mol. The number of hydrogen-bond acceptors (Lipinski definition) is 3. The zero-order chi connectivity index (χ0) is 13.7. The van der Waals surface area contributed by atoms with Gasteiger partial charge in [0, 0.05) is 12.1 Å². The van der Waals surface area contributed by atoms with E-state index in [-0.39, 0.29) is 5.41 Å². The minimum absolute atomic E-state index is 0.107. The van der Waals surface area contributed by atoms with E-state index in [1.165, 1.54) is 11.1 Å². The molecular formula is C17H21NOS. The molecule has 3 atom stereocenters. The molecule has 0 bridgehead atoms. The summed E-state index contributed by atoms with van der Waals surface area (Å²) < 4.78 is 6.35. The van der Waals surface area contributed by atoms with E-state index in [9.17, 15) is 0 Å². The fraction of sp³-hybridized carbons (Fsp3) is 0.529. The first-order valence-corrected chi connectivity index (χ1v) is 8.14. The number of ether oxygens (including phenoxy) is 1. The lowest BCUT2D eigenvalue weighted by atomic mass is 9.68. The summed E-state index contributed by atoms with van der Waals surface area (Å²) in [6.45, 7) is 2.16. The van der Waals surface area contributed by atoms with E-state index in [2.05, 4.69) is 54.9 Å². The average Bonchev–Trinajstić information content (AvgIpc) is 2.71. The van der Waals surface area contributed by atoms with Gasteiger partial charge in [-0.2, -0.15) is 12.6 Å². The molecule has 4 rings (SSSR count). The van der Waals surface area contributed by atoms with Crippen LogP contribution in [0.25, 0.3) is 0 Å². The third kappa shape index (κ3) is 1.69. The van der Waals surface area contributed by atoms with Crippen LogP contribution < -0.4 is 4.74 Å². The summed E-state index contributed by atoms with van der Waals surface area (Å²) >= 11 is 4.47. The van der Waals surface area contributed by atoms with Crippen molar-refractivity contribution in [2.45, 2.75) is 30.9 Å². The van der Waals surface area contributed by atoms with Crippen LogP contribution in [0.4, 0.5) is 0 Å². The van der Waals surface area contributed by atoms with Gasteiger partial charge >= 0.3 is 0 Å². The third-order valence-corrected chi connectivity index (χ3v) is 5.66. The SMILES string of the molecule is CN1CCC23C=CC(CS)CC2Oc2cccc(c23)C1. The van der Waals surface area contributed by atoms with E-state index in [4.69, 9.17) is 4.74 Å². The summed E-state index contributed by atoms with van der Waals surface area (Å²) in [7, 11) is 2.22. The molecule has 0 aromatic heterocycles. The molecule has 0 radical (unpaired) electrons. The number of nitrogens with zero attached hydrogens (tertiary/aromatic N) is 1. The van der Waals surface area contributed by atoms with Crippen molar-refractivity contribution in [3.05, 3.63) is 41.5 Å². The van der Waals surface area contributed by atoms with E-state index in [0.29, 0.717) is 12.0 Å². The van der Waals surface area contributed by atoms with Gasteiger partial charge in [-0.05, 0) is 49.7 Å². The Kier molecular flexibility index (Phi) is 2.90. The molecule has 3 heteroatoms. The van der Waals surface area contributed by atoms with Gasteiger partial charge in [-0.1, -0.05) is 24.3 Å². The van der Waals surface area contributed by atoms with Crippen molar-refractivity contribution in [3.8, 4) is 5.75 Å². The molecule has 1 aromatic rings. The second-order valence-corrected chi connectivity index (χ2v) is 6.83. The minimum Gasteiger partial charge on any atom is -0.489 e.